The second-order valence-corrected chi connectivity index (χ2v) is 4.06. The molecule has 0 saturated heterocycles. The molecule has 1 atom stereocenters. The van der Waals surface area contributed by atoms with Crippen LogP contribution in [-0.2, 0) is 0 Å². The minimum Gasteiger partial charge on any atom is -0.491 e. The van der Waals surface area contributed by atoms with Crippen LogP contribution in [0.5, 0.6) is 5.75 Å². The molecule has 1 aliphatic heterocycles. The van der Waals surface area contributed by atoms with Crippen molar-refractivity contribution in [1.29, 1.82) is 0 Å². The standard InChI is InChI=1S/C13H17NO/c1-10(2)7-8-14-12-9-15-13-6-4-3-5-11(12)13/h3-6,12,14H,1,7-9H2,2H3. The van der Waals surface area contributed by atoms with Gasteiger partial charge in [0.2, 0.25) is 0 Å². The first-order valence-corrected chi connectivity index (χ1v) is 5.37. The first-order valence-electron chi connectivity index (χ1n) is 5.37. The van der Waals surface area contributed by atoms with Gasteiger partial charge in [-0.1, -0.05) is 23.8 Å². The largest absolute Gasteiger partial charge is 0.491 e. The van der Waals surface area contributed by atoms with Crippen molar-refractivity contribution in [3.05, 3.63) is 42.0 Å². The smallest absolute Gasteiger partial charge is 0.124 e. The fraction of sp³-hybridized carbons (Fsp3) is 0.385. The number of hydrogen-bond donors (Lipinski definition) is 1. The molecule has 0 amide bonds. The molecule has 0 radical (unpaired) electrons. The lowest BCUT2D eigenvalue weighted by molar-refractivity contribution is 0.312. The summed E-state index contributed by atoms with van der Waals surface area (Å²) in [7, 11) is 0. The van der Waals surface area contributed by atoms with E-state index in [0.717, 1.165) is 25.3 Å². The summed E-state index contributed by atoms with van der Waals surface area (Å²) in [5.41, 5.74) is 2.49. The SMILES string of the molecule is C=C(C)CCNC1COc2ccccc21. The average molecular weight is 203 g/mol. The molecule has 2 nitrogen and oxygen atoms in total. The highest BCUT2D eigenvalue weighted by Gasteiger charge is 2.22. The molecular weight excluding hydrogens is 186 g/mol. The third kappa shape index (κ3) is 2.39. The van der Waals surface area contributed by atoms with Crippen LogP contribution in [0, 0.1) is 0 Å². The Kier molecular flexibility index (Phi) is 3.07. The number of ether oxygens (including phenoxy) is 1. The lowest BCUT2D eigenvalue weighted by Crippen LogP contribution is -2.23. The van der Waals surface area contributed by atoms with Crippen molar-refractivity contribution in [2.45, 2.75) is 19.4 Å². The quantitative estimate of drug-likeness (QED) is 0.760. The van der Waals surface area contributed by atoms with Crippen molar-refractivity contribution in [3.63, 3.8) is 0 Å². The highest BCUT2D eigenvalue weighted by Crippen LogP contribution is 2.31. The van der Waals surface area contributed by atoms with Gasteiger partial charge in [-0.05, 0) is 26.0 Å². The van der Waals surface area contributed by atoms with Gasteiger partial charge < -0.3 is 10.1 Å². The third-order valence-electron chi connectivity index (χ3n) is 2.64. The van der Waals surface area contributed by atoms with Crippen LogP contribution in [0.4, 0.5) is 0 Å². The van der Waals surface area contributed by atoms with E-state index in [1.807, 2.05) is 12.1 Å². The molecule has 0 aromatic heterocycles. The maximum absolute atomic E-state index is 5.58. The fourth-order valence-corrected chi connectivity index (χ4v) is 1.79. The average Bonchev–Trinajstić information content (AvgIpc) is 2.62. The Morgan fingerprint density at radius 1 is 1.53 bits per heavy atom. The number of nitrogens with one attached hydrogen (secondary N) is 1. The Balaban J connectivity index is 1.93. The lowest BCUT2D eigenvalue weighted by atomic mass is 10.1. The highest BCUT2D eigenvalue weighted by molar-refractivity contribution is 5.39. The van der Waals surface area contributed by atoms with Gasteiger partial charge in [-0.15, -0.1) is 6.58 Å². The van der Waals surface area contributed by atoms with E-state index in [9.17, 15) is 0 Å². The van der Waals surface area contributed by atoms with Crippen LogP contribution in [0.2, 0.25) is 0 Å². The van der Waals surface area contributed by atoms with Crippen LogP contribution in [0.3, 0.4) is 0 Å². The van der Waals surface area contributed by atoms with Gasteiger partial charge in [-0.3, -0.25) is 0 Å². The molecule has 0 bridgehead atoms. The van der Waals surface area contributed by atoms with Gasteiger partial charge in [-0.2, -0.15) is 0 Å². The van der Waals surface area contributed by atoms with E-state index in [1.165, 1.54) is 11.1 Å². The zero-order valence-corrected chi connectivity index (χ0v) is 9.12. The summed E-state index contributed by atoms with van der Waals surface area (Å²) >= 11 is 0. The summed E-state index contributed by atoms with van der Waals surface area (Å²) in [6.07, 6.45) is 1.03. The van der Waals surface area contributed by atoms with Crippen molar-refractivity contribution in [3.8, 4) is 5.75 Å². The summed E-state index contributed by atoms with van der Waals surface area (Å²) in [5.74, 6) is 1.02. The Morgan fingerprint density at radius 2 is 2.33 bits per heavy atom. The first-order chi connectivity index (χ1) is 7.27. The van der Waals surface area contributed by atoms with E-state index < -0.39 is 0 Å². The first kappa shape index (κ1) is 10.2. The molecule has 0 spiro atoms. The molecule has 2 rings (SSSR count). The molecule has 0 saturated carbocycles. The lowest BCUT2D eigenvalue weighted by Gasteiger charge is -2.11. The highest BCUT2D eigenvalue weighted by atomic mass is 16.5. The van der Waals surface area contributed by atoms with Crippen LogP contribution < -0.4 is 10.1 Å². The summed E-state index contributed by atoms with van der Waals surface area (Å²) in [6, 6.07) is 8.56. The number of para-hydroxylation sites is 1. The summed E-state index contributed by atoms with van der Waals surface area (Å²) in [6.45, 7) is 7.66. The van der Waals surface area contributed by atoms with E-state index in [0.29, 0.717) is 6.04 Å². The predicted molar refractivity (Wildman–Crippen MR) is 62.1 cm³/mol. The minimum absolute atomic E-state index is 0.348. The Bertz CT molecular complexity index is 359. The Morgan fingerprint density at radius 3 is 3.13 bits per heavy atom. The molecule has 1 heterocycles. The number of fused-ring (bicyclic) bond motifs is 1. The zero-order chi connectivity index (χ0) is 10.7. The molecule has 1 N–H and O–H groups in total. The normalized spacial score (nSPS) is 18.3. The van der Waals surface area contributed by atoms with Gasteiger partial charge >= 0.3 is 0 Å². The minimum atomic E-state index is 0.348. The van der Waals surface area contributed by atoms with Gasteiger partial charge in [-0.25, -0.2) is 0 Å². The molecule has 1 aromatic carbocycles. The van der Waals surface area contributed by atoms with E-state index in [1.54, 1.807) is 0 Å². The molecule has 15 heavy (non-hydrogen) atoms. The predicted octanol–water partition coefficient (Wildman–Crippen LogP) is 2.68. The van der Waals surface area contributed by atoms with Crippen LogP contribution in [-0.4, -0.2) is 13.2 Å². The Labute approximate surface area is 91.0 Å². The molecule has 0 aliphatic carbocycles. The van der Waals surface area contributed by atoms with Gasteiger partial charge in [0, 0.05) is 5.56 Å². The van der Waals surface area contributed by atoms with Crippen molar-refractivity contribution < 1.29 is 4.74 Å². The van der Waals surface area contributed by atoms with Crippen molar-refractivity contribution in [2.24, 2.45) is 0 Å². The maximum atomic E-state index is 5.58. The second kappa shape index (κ2) is 4.49. The maximum Gasteiger partial charge on any atom is 0.124 e. The van der Waals surface area contributed by atoms with Crippen LogP contribution in [0.15, 0.2) is 36.4 Å². The molecule has 0 fully saturated rings. The van der Waals surface area contributed by atoms with E-state index in [2.05, 4.69) is 31.0 Å². The van der Waals surface area contributed by atoms with Crippen molar-refractivity contribution in [2.75, 3.05) is 13.2 Å². The van der Waals surface area contributed by atoms with Gasteiger partial charge in [0.15, 0.2) is 0 Å². The second-order valence-electron chi connectivity index (χ2n) is 4.06. The Hall–Kier alpha value is -1.28. The van der Waals surface area contributed by atoms with E-state index >= 15 is 0 Å². The third-order valence-corrected chi connectivity index (χ3v) is 2.64. The van der Waals surface area contributed by atoms with Crippen LogP contribution >= 0.6 is 0 Å². The van der Waals surface area contributed by atoms with Gasteiger partial charge in [0.25, 0.3) is 0 Å². The topological polar surface area (TPSA) is 21.3 Å². The number of benzene rings is 1. The van der Waals surface area contributed by atoms with E-state index in [-0.39, 0.29) is 0 Å². The van der Waals surface area contributed by atoms with Gasteiger partial charge in [0.1, 0.15) is 12.4 Å². The fourth-order valence-electron chi connectivity index (χ4n) is 1.79. The summed E-state index contributed by atoms with van der Waals surface area (Å²) in [5, 5.41) is 3.48. The zero-order valence-electron chi connectivity index (χ0n) is 9.12. The van der Waals surface area contributed by atoms with Crippen LogP contribution in [0.25, 0.3) is 0 Å². The van der Waals surface area contributed by atoms with Gasteiger partial charge in [0.05, 0.1) is 6.04 Å². The molecule has 1 aliphatic rings. The molecule has 80 valence electrons. The summed E-state index contributed by atoms with van der Waals surface area (Å²) in [4.78, 5) is 0. The molecule has 2 heteroatoms. The number of hydrogen-bond acceptors (Lipinski definition) is 2. The van der Waals surface area contributed by atoms with E-state index in [4.69, 9.17) is 4.74 Å². The van der Waals surface area contributed by atoms with Crippen LogP contribution in [0.1, 0.15) is 24.9 Å². The number of rotatable bonds is 4. The summed E-state index contributed by atoms with van der Waals surface area (Å²) < 4.78 is 5.58. The molecule has 1 aromatic rings. The van der Waals surface area contributed by atoms with Crippen molar-refractivity contribution in [1.82, 2.24) is 5.32 Å². The van der Waals surface area contributed by atoms with Crippen molar-refractivity contribution >= 4 is 0 Å². The molecular formula is C13H17NO. The monoisotopic (exact) mass is 203 g/mol. The molecule has 1 unspecified atom stereocenters.